The fourth-order valence-corrected chi connectivity index (χ4v) is 3.02. The standard InChI is InChI=1S/C22H40O2/c1-2-3-4-5-6-7-8-9-10-11-12-13-14-15-20-24-22(23)19-18-21-16-17-21/h18-19,21H,2-17,20H2,1H3. The van der Waals surface area contributed by atoms with Crippen LogP contribution in [-0.2, 0) is 9.53 Å². The molecular weight excluding hydrogens is 296 g/mol. The van der Waals surface area contributed by atoms with Crippen molar-refractivity contribution in [1.29, 1.82) is 0 Å². The minimum atomic E-state index is -0.156. The van der Waals surface area contributed by atoms with E-state index in [0.29, 0.717) is 12.5 Å². The van der Waals surface area contributed by atoms with Gasteiger partial charge >= 0.3 is 5.97 Å². The lowest BCUT2D eigenvalue weighted by Crippen LogP contribution is -2.02. The Morgan fingerprint density at radius 2 is 1.25 bits per heavy atom. The van der Waals surface area contributed by atoms with Crippen LogP contribution in [0.25, 0.3) is 0 Å². The van der Waals surface area contributed by atoms with E-state index in [0.717, 1.165) is 6.42 Å². The molecule has 1 saturated carbocycles. The molecule has 0 N–H and O–H groups in total. The molecule has 0 saturated heterocycles. The molecule has 1 aliphatic rings. The molecule has 0 bridgehead atoms. The van der Waals surface area contributed by atoms with Crippen LogP contribution in [0.4, 0.5) is 0 Å². The lowest BCUT2D eigenvalue weighted by atomic mass is 10.0. The first-order valence-electron chi connectivity index (χ1n) is 10.7. The smallest absolute Gasteiger partial charge is 0.330 e. The molecule has 0 aromatic rings. The molecule has 24 heavy (non-hydrogen) atoms. The van der Waals surface area contributed by atoms with Crippen molar-refractivity contribution < 1.29 is 9.53 Å². The fourth-order valence-electron chi connectivity index (χ4n) is 3.02. The molecule has 2 heteroatoms. The van der Waals surface area contributed by atoms with Crippen LogP contribution < -0.4 is 0 Å². The average Bonchev–Trinajstić information content (AvgIpc) is 3.41. The summed E-state index contributed by atoms with van der Waals surface area (Å²) in [6.45, 7) is 2.87. The normalized spacial score (nSPS) is 14.4. The van der Waals surface area contributed by atoms with Gasteiger partial charge in [-0.25, -0.2) is 4.79 Å². The number of carbonyl (C=O) groups excluding carboxylic acids is 1. The van der Waals surface area contributed by atoms with Gasteiger partial charge in [0.05, 0.1) is 6.61 Å². The predicted molar refractivity (Wildman–Crippen MR) is 103 cm³/mol. The second-order valence-electron chi connectivity index (χ2n) is 7.46. The van der Waals surface area contributed by atoms with E-state index in [-0.39, 0.29) is 5.97 Å². The van der Waals surface area contributed by atoms with Crippen molar-refractivity contribution in [2.24, 2.45) is 5.92 Å². The monoisotopic (exact) mass is 336 g/mol. The van der Waals surface area contributed by atoms with Crippen LogP contribution in [0, 0.1) is 5.92 Å². The van der Waals surface area contributed by atoms with Gasteiger partial charge in [0, 0.05) is 6.08 Å². The largest absolute Gasteiger partial charge is 0.463 e. The Kier molecular flexibility index (Phi) is 13.9. The van der Waals surface area contributed by atoms with Gasteiger partial charge in [-0.1, -0.05) is 96.5 Å². The van der Waals surface area contributed by atoms with Gasteiger partial charge < -0.3 is 4.74 Å². The summed E-state index contributed by atoms with van der Waals surface area (Å²) in [5, 5.41) is 0. The first kappa shape index (κ1) is 21.3. The van der Waals surface area contributed by atoms with Gasteiger partial charge in [-0.2, -0.15) is 0 Å². The number of ether oxygens (including phenoxy) is 1. The van der Waals surface area contributed by atoms with Gasteiger partial charge in [-0.15, -0.1) is 0 Å². The van der Waals surface area contributed by atoms with Crippen LogP contribution >= 0.6 is 0 Å². The van der Waals surface area contributed by atoms with Gasteiger partial charge in [-0.3, -0.25) is 0 Å². The molecular formula is C22H40O2. The van der Waals surface area contributed by atoms with E-state index in [1.54, 1.807) is 6.08 Å². The van der Waals surface area contributed by atoms with Crippen molar-refractivity contribution in [3.05, 3.63) is 12.2 Å². The van der Waals surface area contributed by atoms with E-state index >= 15 is 0 Å². The summed E-state index contributed by atoms with van der Waals surface area (Å²) in [5.74, 6) is 0.496. The minimum absolute atomic E-state index is 0.156. The third kappa shape index (κ3) is 14.8. The van der Waals surface area contributed by atoms with Crippen LogP contribution in [0.15, 0.2) is 12.2 Å². The molecule has 0 amide bonds. The maximum atomic E-state index is 11.4. The van der Waals surface area contributed by atoms with Gasteiger partial charge in [-0.05, 0) is 25.2 Å². The second-order valence-corrected chi connectivity index (χ2v) is 7.46. The van der Waals surface area contributed by atoms with Crippen molar-refractivity contribution in [1.82, 2.24) is 0 Å². The zero-order chi connectivity index (χ0) is 17.3. The number of hydrogen-bond acceptors (Lipinski definition) is 2. The van der Waals surface area contributed by atoms with E-state index in [4.69, 9.17) is 4.74 Å². The summed E-state index contributed by atoms with van der Waals surface area (Å²) in [6.07, 6.45) is 25.0. The Labute approximate surface area is 150 Å². The highest BCUT2D eigenvalue weighted by Crippen LogP contribution is 2.29. The lowest BCUT2D eigenvalue weighted by Gasteiger charge is -2.04. The SMILES string of the molecule is CCCCCCCCCCCCCCCCOC(=O)C=CC1CC1. The van der Waals surface area contributed by atoms with Gasteiger partial charge in [0.15, 0.2) is 0 Å². The van der Waals surface area contributed by atoms with Gasteiger partial charge in [0.25, 0.3) is 0 Å². The Balaban J connectivity index is 1.69. The predicted octanol–water partition coefficient (Wildman–Crippen LogP) is 6.98. The highest BCUT2D eigenvalue weighted by atomic mass is 16.5. The molecule has 1 rings (SSSR count). The Morgan fingerprint density at radius 3 is 1.71 bits per heavy atom. The summed E-state index contributed by atoms with van der Waals surface area (Å²) >= 11 is 0. The first-order chi connectivity index (χ1) is 11.8. The molecule has 0 aliphatic heterocycles. The van der Waals surface area contributed by atoms with Crippen molar-refractivity contribution >= 4 is 5.97 Å². The molecule has 2 nitrogen and oxygen atoms in total. The molecule has 0 spiro atoms. The average molecular weight is 337 g/mol. The molecule has 0 radical (unpaired) electrons. The van der Waals surface area contributed by atoms with E-state index in [9.17, 15) is 4.79 Å². The first-order valence-corrected chi connectivity index (χ1v) is 10.7. The molecule has 0 aromatic heterocycles. The second kappa shape index (κ2) is 15.7. The molecule has 0 unspecified atom stereocenters. The quantitative estimate of drug-likeness (QED) is 0.163. The van der Waals surface area contributed by atoms with E-state index in [2.05, 4.69) is 6.92 Å². The minimum Gasteiger partial charge on any atom is -0.463 e. The molecule has 140 valence electrons. The Hall–Kier alpha value is -0.790. The zero-order valence-electron chi connectivity index (χ0n) is 16.1. The summed E-state index contributed by atoms with van der Waals surface area (Å²) < 4.78 is 5.20. The molecule has 1 aliphatic carbocycles. The van der Waals surface area contributed by atoms with E-state index < -0.39 is 0 Å². The van der Waals surface area contributed by atoms with Crippen LogP contribution in [0.1, 0.15) is 110 Å². The van der Waals surface area contributed by atoms with Crippen molar-refractivity contribution in [2.45, 2.75) is 110 Å². The number of hydrogen-bond donors (Lipinski definition) is 0. The van der Waals surface area contributed by atoms with Gasteiger partial charge in [0.1, 0.15) is 0 Å². The van der Waals surface area contributed by atoms with Crippen LogP contribution in [0.5, 0.6) is 0 Å². The molecule has 1 fully saturated rings. The van der Waals surface area contributed by atoms with Crippen LogP contribution in [0.3, 0.4) is 0 Å². The number of allylic oxidation sites excluding steroid dienone is 1. The maximum Gasteiger partial charge on any atom is 0.330 e. The number of unbranched alkanes of at least 4 members (excludes halogenated alkanes) is 13. The number of esters is 1. The zero-order valence-corrected chi connectivity index (χ0v) is 16.1. The third-order valence-electron chi connectivity index (χ3n) is 4.87. The van der Waals surface area contributed by atoms with Crippen molar-refractivity contribution in [3.63, 3.8) is 0 Å². The summed E-state index contributed by atoms with van der Waals surface area (Å²) in [4.78, 5) is 11.4. The number of carbonyl (C=O) groups is 1. The third-order valence-corrected chi connectivity index (χ3v) is 4.87. The summed E-state index contributed by atoms with van der Waals surface area (Å²) in [5.41, 5.74) is 0. The highest BCUT2D eigenvalue weighted by Gasteiger charge is 2.17. The lowest BCUT2D eigenvalue weighted by molar-refractivity contribution is -0.137. The highest BCUT2D eigenvalue weighted by molar-refractivity contribution is 5.81. The fraction of sp³-hybridized carbons (Fsp3) is 0.864. The number of rotatable bonds is 17. The molecule has 0 atom stereocenters. The summed E-state index contributed by atoms with van der Waals surface area (Å²) in [6, 6.07) is 0. The van der Waals surface area contributed by atoms with E-state index in [1.807, 2.05) is 6.08 Å². The van der Waals surface area contributed by atoms with Crippen molar-refractivity contribution in [2.75, 3.05) is 6.61 Å². The van der Waals surface area contributed by atoms with E-state index in [1.165, 1.54) is 96.3 Å². The summed E-state index contributed by atoms with van der Waals surface area (Å²) in [7, 11) is 0. The van der Waals surface area contributed by atoms with Crippen molar-refractivity contribution in [3.8, 4) is 0 Å². The molecule has 0 heterocycles. The molecule has 0 aromatic carbocycles. The van der Waals surface area contributed by atoms with Crippen LogP contribution in [-0.4, -0.2) is 12.6 Å². The Morgan fingerprint density at radius 1 is 0.792 bits per heavy atom. The topological polar surface area (TPSA) is 26.3 Å². The van der Waals surface area contributed by atoms with Crippen LogP contribution in [0.2, 0.25) is 0 Å². The van der Waals surface area contributed by atoms with Gasteiger partial charge in [0.2, 0.25) is 0 Å². The maximum absolute atomic E-state index is 11.4. The Bertz CT molecular complexity index is 318.